The first-order valence-corrected chi connectivity index (χ1v) is 9.73. The Morgan fingerprint density at radius 3 is 2.30 bits per heavy atom. The van der Waals surface area contributed by atoms with Gasteiger partial charge in [-0.25, -0.2) is 4.79 Å². The van der Waals surface area contributed by atoms with Crippen LogP contribution in [0.5, 0.6) is 0 Å². The molecule has 0 aromatic heterocycles. The van der Waals surface area contributed by atoms with Crippen LogP contribution in [0.15, 0.2) is 42.5 Å². The minimum Gasteiger partial charge on any atom is -0.452 e. The molecule has 0 N–H and O–H groups in total. The lowest BCUT2D eigenvalue weighted by Crippen LogP contribution is -2.50. The van der Waals surface area contributed by atoms with Crippen LogP contribution < -0.4 is 4.90 Å². The maximum atomic E-state index is 12.9. The minimum atomic E-state index is -4.41. The van der Waals surface area contributed by atoms with Crippen molar-refractivity contribution in [2.75, 3.05) is 37.7 Å². The number of alkyl halides is 3. The number of halogens is 5. The Morgan fingerprint density at radius 1 is 0.967 bits per heavy atom. The number of nitrogens with zero attached hydrogens (tertiary/aromatic N) is 2. The quantitative estimate of drug-likeness (QED) is 0.629. The molecule has 0 atom stereocenters. The normalized spacial score (nSPS) is 14.6. The molecule has 0 spiro atoms. The number of amides is 1. The summed E-state index contributed by atoms with van der Waals surface area (Å²) in [5.74, 6) is -1.09. The van der Waals surface area contributed by atoms with Crippen LogP contribution in [-0.2, 0) is 15.7 Å². The van der Waals surface area contributed by atoms with Crippen LogP contribution >= 0.6 is 23.2 Å². The predicted molar refractivity (Wildman–Crippen MR) is 107 cm³/mol. The van der Waals surface area contributed by atoms with E-state index in [-0.39, 0.29) is 16.5 Å². The standard InChI is InChI=1S/C20H17Cl2F3N2O3/c21-16-5-4-13(10-17(16)22)19(29)30-12-18(28)27-8-6-26(7-9-27)15-3-1-2-14(11-15)20(23,24)25/h1-5,10-11H,6-9,12H2. The molecular weight excluding hydrogens is 444 g/mol. The first kappa shape index (κ1) is 22.2. The van der Waals surface area contributed by atoms with Gasteiger partial charge in [-0.3, -0.25) is 4.79 Å². The summed E-state index contributed by atoms with van der Waals surface area (Å²) in [5, 5.41) is 0.492. The number of benzene rings is 2. The lowest BCUT2D eigenvalue weighted by molar-refractivity contribution is -0.137. The van der Waals surface area contributed by atoms with Crippen molar-refractivity contribution in [2.45, 2.75) is 6.18 Å². The summed E-state index contributed by atoms with van der Waals surface area (Å²) in [6.45, 7) is 0.906. The van der Waals surface area contributed by atoms with E-state index in [2.05, 4.69) is 0 Å². The summed E-state index contributed by atoms with van der Waals surface area (Å²) in [6, 6.07) is 9.32. The number of anilines is 1. The largest absolute Gasteiger partial charge is 0.452 e. The van der Waals surface area contributed by atoms with Gasteiger partial charge in [-0.15, -0.1) is 0 Å². The van der Waals surface area contributed by atoms with Gasteiger partial charge in [0.15, 0.2) is 6.61 Å². The van der Waals surface area contributed by atoms with Crippen LogP contribution in [-0.4, -0.2) is 49.6 Å². The number of piperazine rings is 1. The second-order valence-corrected chi connectivity index (χ2v) is 7.44. The average molecular weight is 461 g/mol. The van der Waals surface area contributed by atoms with E-state index in [0.29, 0.717) is 36.9 Å². The zero-order chi connectivity index (χ0) is 21.9. The molecule has 1 aliphatic rings. The summed E-state index contributed by atoms with van der Waals surface area (Å²) >= 11 is 11.7. The second kappa shape index (κ2) is 9.14. The Labute approximate surface area is 180 Å². The Kier molecular flexibility index (Phi) is 6.77. The van der Waals surface area contributed by atoms with E-state index < -0.39 is 24.3 Å². The molecule has 3 rings (SSSR count). The van der Waals surface area contributed by atoms with Gasteiger partial charge in [-0.05, 0) is 36.4 Å². The third kappa shape index (κ3) is 5.37. The Morgan fingerprint density at radius 2 is 1.67 bits per heavy atom. The fourth-order valence-corrected chi connectivity index (χ4v) is 3.32. The molecule has 1 fully saturated rings. The number of hydrogen-bond donors (Lipinski definition) is 0. The number of hydrogen-bond acceptors (Lipinski definition) is 4. The first-order chi connectivity index (χ1) is 14.1. The van der Waals surface area contributed by atoms with Crippen LogP contribution in [0, 0.1) is 0 Å². The van der Waals surface area contributed by atoms with Crippen LogP contribution in [0.2, 0.25) is 10.0 Å². The molecule has 1 heterocycles. The van der Waals surface area contributed by atoms with Gasteiger partial charge < -0.3 is 14.5 Å². The maximum Gasteiger partial charge on any atom is 0.416 e. The second-order valence-electron chi connectivity index (χ2n) is 6.62. The van der Waals surface area contributed by atoms with Crippen molar-refractivity contribution < 1.29 is 27.5 Å². The van der Waals surface area contributed by atoms with Gasteiger partial charge in [0.05, 0.1) is 21.2 Å². The van der Waals surface area contributed by atoms with Crippen molar-refractivity contribution in [1.29, 1.82) is 0 Å². The van der Waals surface area contributed by atoms with Crippen LogP contribution in [0.3, 0.4) is 0 Å². The van der Waals surface area contributed by atoms with Gasteiger partial charge in [0.2, 0.25) is 0 Å². The average Bonchev–Trinajstić information content (AvgIpc) is 2.73. The highest BCUT2D eigenvalue weighted by atomic mass is 35.5. The van der Waals surface area contributed by atoms with E-state index in [1.807, 2.05) is 0 Å². The zero-order valence-corrected chi connectivity index (χ0v) is 17.1. The van der Waals surface area contributed by atoms with Gasteiger partial charge in [0.25, 0.3) is 5.91 Å². The number of rotatable bonds is 4. The van der Waals surface area contributed by atoms with E-state index >= 15 is 0 Å². The van der Waals surface area contributed by atoms with Crippen molar-refractivity contribution in [3.8, 4) is 0 Å². The molecule has 1 amide bonds. The lowest BCUT2D eigenvalue weighted by atomic mass is 10.1. The Hall–Kier alpha value is -2.45. The molecule has 0 radical (unpaired) electrons. The number of esters is 1. The van der Waals surface area contributed by atoms with Crippen LogP contribution in [0.25, 0.3) is 0 Å². The highest BCUT2D eigenvalue weighted by Gasteiger charge is 2.31. The summed E-state index contributed by atoms with van der Waals surface area (Å²) < 4.78 is 43.7. The van der Waals surface area contributed by atoms with Gasteiger partial charge in [-0.2, -0.15) is 13.2 Å². The summed E-state index contributed by atoms with van der Waals surface area (Å²) in [6.07, 6.45) is -4.41. The van der Waals surface area contributed by atoms with Crippen molar-refractivity contribution in [1.82, 2.24) is 4.90 Å². The highest BCUT2D eigenvalue weighted by Crippen LogP contribution is 2.32. The van der Waals surface area contributed by atoms with Crippen LogP contribution in [0.1, 0.15) is 15.9 Å². The molecule has 10 heteroatoms. The SMILES string of the molecule is O=C(OCC(=O)N1CCN(c2cccc(C(F)(F)F)c2)CC1)c1ccc(Cl)c(Cl)c1. The molecule has 1 saturated heterocycles. The van der Waals surface area contributed by atoms with Crippen molar-refractivity contribution >= 4 is 40.8 Å². The number of carbonyl (C=O) groups excluding carboxylic acids is 2. The van der Waals surface area contributed by atoms with E-state index in [1.165, 1.54) is 29.2 Å². The van der Waals surface area contributed by atoms with E-state index in [9.17, 15) is 22.8 Å². The fourth-order valence-electron chi connectivity index (χ4n) is 3.02. The van der Waals surface area contributed by atoms with Crippen LogP contribution in [0.4, 0.5) is 18.9 Å². The summed E-state index contributed by atoms with van der Waals surface area (Å²) in [5.41, 5.74) is -0.0951. The topological polar surface area (TPSA) is 49.9 Å². The molecular formula is C20H17Cl2F3N2O3. The molecule has 5 nitrogen and oxygen atoms in total. The Bertz CT molecular complexity index is 945. The summed E-state index contributed by atoms with van der Waals surface area (Å²) in [4.78, 5) is 27.7. The smallest absolute Gasteiger partial charge is 0.416 e. The molecule has 2 aromatic carbocycles. The number of carbonyl (C=O) groups is 2. The van der Waals surface area contributed by atoms with Gasteiger partial charge in [0, 0.05) is 31.9 Å². The van der Waals surface area contributed by atoms with Gasteiger partial charge >= 0.3 is 12.1 Å². The molecule has 2 aromatic rings. The molecule has 0 aliphatic carbocycles. The molecule has 0 unspecified atom stereocenters. The van der Waals surface area contributed by atoms with Crippen molar-refractivity contribution in [2.24, 2.45) is 0 Å². The highest BCUT2D eigenvalue weighted by molar-refractivity contribution is 6.42. The van der Waals surface area contributed by atoms with E-state index in [4.69, 9.17) is 27.9 Å². The first-order valence-electron chi connectivity index (χ1n) is 8.97. The maximum absolute atomic E-state index is 12.9. The summed E-state index contributed by atoms with van der Waals surface area (Å²) in [7, 11) is 0. The van der Waals surface area contributed by atoms with Crippen molar-refractivity contribution in [3.63, 3.8) is 0 Å². The van der Waals surface area contributed by atoms with Gasteiger partial charge in [-0.1, -0.05) is 29.3 Å². The lowest BCUT2D eigenvalue weighted by Gasteiger charge is -2.36. The monoisotopic (exact) mass is 460 g/mol. The molecule has 160 valence electrons. The van der Waals surface area contributed by atoms with Crippen molar-refractivity contribution in [3.05, 3.63) is 63.6 Å². The molecule has 0 bridgehead atoms. The predicted octanol–water partition coefficient (Wildman–Crippen LogP) is 4.52. The fraction of sp³-hybridized carbons (Fsp3) is 0.300. The van der Waals surface area contributed by atoms with Gasteiger partial charge in [0.1, 0.15) is 0 Å². The van der Waals surface area contributed by atoms with E-state index in [0.717, 1.165) is 12.1 Å². The third-order valence-electron chi connectivity index (χ3n) is 4.65. The number of ether oxygens (including phenoxy) is 1. The molecule has 30 heavy (non-hydrogen) atoms. The molecule has 1 aliphatic heterocycles. The van der Waals surface area contributed by atoms with E-state index in [1.54, 1.807) is 11.0 Å². The minimum absolute atomic E-state index is 0.173. The third-order valence-corrected chi connectivity index (χ3v) is 5.39. The molecule has 0 saturated carbocycles. The zero-order valence-electron chi connectivity index (χ0n) is 15.6. The Balaban J connectivity index is 1.52.